The van der Waals surface area contributed by atoms with E-state index in [1.165, 1.54) is 17.7 Å². The first-order valence-corrected chi connectivity index (χ1v) is 11.5. The lowest BCUT2D eigenvalue weighted by atomic mass is 10.0. The van der Waals surface area contributed by atoms with Crippen molar-refractivity contribution < 1.29 is 9.18 Å². The fraction of sp³-hybridized carbons (Fsp3) is 0.138. The van der Waals surface area contributed by atoms with Gasteiger partial charge < -0.3 is 5.32 Å². The second-order valence-electron chi connectivity index (χ2n) is 8.63. The Hall–Kier alpha value is -4.32. The zero-order valence-electron chi connectivity index (χ0n) is 19.6. The maximum Gasteiger partial charge on any atom is 0.252 e. The van der Waals surface area contributed by atoms with Crippen LogP contribution in [0.2, 0.25) is 0 Å². The fourth-order valence-corrected chi connectivity index (χ4v) is 4.25. The van der Waals surface area contributed by atoms with E-state index in [1.54, 1.807) is 23.0 Å². The summed E-state index contributed by atoms with van der Waals surface area (Å²) in [6, 6.07) is 25.8. The van der Waals surface area contributed by atoms with Crippen LogP contribution in [0.1, 0.15) is 34.5 Å². The Morgan fingerprint density at radius 3 is 2.49 bits per heavy atom. The first-order valence-electron chi connectivity index (χ1n) is 11.5. The van der Waals surface area contributed by atoms with E-state index in [9.17, 15) is 9.18 Å². The maximum atomic E-state index is 13.4. The molecule has 35 heavy (non-hydrogen) atoms. The summed E-state index contributed by atoms with van der Waals surface area (Å²) in [5, 5.41) is 8.39. The van der Waals surface area contributed by atoms with Crippen LogP contribution >= 0.6 is 0 Å². The number of amides is 1. The Morgan fingerprint density at radius 1 is 1.00 bits per heavy atom. The lowest BCUT2D eigenvalue weighted by Crippen LogP contribution is -2.27. The van der Waals surface area contributed by atoms with Gasteiger partial charge in [-0.15, -0.1) is 0 Å². The van der Waals surface area contributed by atoms with Crippen LogP contribution in [0, 0.1) is 12.7 Å². The van der Waals surface area contributed by atoms with Crippen LogP contribution in [0.15, 0.2) is 91.1 Å². The number of aromatic nitrogens is 3. The average molecular weight is 465 g/mol. The van der Waals surface area contributed by atoms with Gasteiger partial charge in [0.15, 0.2) is 0 Å². The molecule has 0 saturated heterocycles. The molecular weight excluding hydrogens is 439 g/mol. The van der Waals surface area contributed by atoms with Gasteiger partial charge in [-0.05, 0) is 54.8 Å². The van der Waals surface area contributed by atoms with Crippen molar-refractivity contribution in [3.63, 3.8) is 0 Å². The number of hydrogen-bond acceptors (Lipinski definition) is 3. The smallest absolute Gasteiger partial charge is 0.252 e. The third kappa shape index (κ3) is 4.55. The summed E-state index contributed by atoms with van der Waals surface area (Å²) in [6.07, 6.45) is 1.73. The van der Waals surface area contributed by atoms with Crippen molar-refractivity contribution in [2.24, 2.45) is 0 Å². The molecule has 0 bridgehead atoms. The molecule has 6 heteroatoms. The molecule has 5 rings (SSSR count). The van der Waals surface area contributed by atoms with Crippen molar-refractivity contribution in [1.82, 2.24) is 20.1 Å². The highest BCUT2D eigenvalue weighted by Crippen LogP contribution is 2.28. The Bertz CT molecular complexity index is 1490. The van der Waals surface area contributed by atoms with Gasteiger partial charge in [0.1, 0.15) is 5.82 Å². The van der Waals surface area contributed by atoms with E-state index in [4.69, 9.17) is 4.98 Å². The number of pyridine rings is 1. The van der Waals surface area contributed by atoms with Gasteiger partial charge in [0, 0.05) is 17.5 Å². The molecule has 1 amide bonds. The SMILES string of the molecule is Cc1c(-c2cc(C(=O)NCC(C)c3ccccc3)c3ccccc3n2)cnn1-c1ccc(F)cc1. The summed E-state index contributed by atoms with van der Waals surface area (Å²) in [4.78, 5) is 18.1. The third-order valence-corrected chi connectivity index (χ3v) is 6.26. The number of carbonyl (C=O) groups is 1. The molecule has 2 aromatic heterocycles. The summed E-state index contributed by atoms with van der Waals surface area (Å²) in [7, 11) is 0. The highest BCUT2D eigenvalue weighted by atomic mass is 19.1. The van der Waals surface area contributed by atoms with E-state index >= 15 is 0 Å². The molecule has 0 aliphatic carbocycles. The molecule has 0 saturated carbocycles. The van der Waals surface area contributed by atoms with Crippen LogP contribution in [0.5, 0.6) is 0 Å². The fourth-order valence-electron chi connectivity index (χ4n) is 4.25. The summed E-state index contributed by atoms with van der Waals surface area (Å²) in [6.45, 7) is 4.55. The predicted molar refractivity (Wildman–Crippen MR) is 136 cm³/mol. The molecule has 0 spiro atoms. The molecule has 2 heterocycles. The number of para-hydroxylation sites is 1. The number of nitrogens with one attached hydrogen (secondary N) is 1. The van der Waals surface area contributed by atoms with Crippen LogP contribution in [0.25, 0.3) is 27.8 Å². The van der Waals surface area contributed by atoms with Crippen LogP contribution in [-0.2, 0) is 0 Å². The van der Waals surface area contributed by atoms with Gasteiger partial charge in [-0.25, -0.2) is 14.1 Å². The Kier molecular flexibility index (Phi) is 6.10. The zero-order chi connectivity index (χ0) is 24.4. The number of hydrogen-bond donors (Lipinski definition) is 1. The first-order chi connectivity index (χ1) is 17.0. The second kappa shape index (κ2) is 9.50. The molecule has 5 aromatic rings. The number of rotatable bonds is 6. The molecule has 1 N–H and O–H groups in total. The van der Waals surface area contributed by atoms with Gasteiger partial charge in [0.2, 0.25) is 0 Å². The van der Waals surface area contributed by atoms with E-state index in [1.807, 2.05) is 55.5 Å². The summed E-state index contributed by atoms with van der Waals surface area (Å²) >= 11 is 0. The number of benzene rings is 3. The van der Waals surface area contributed by atoms with Gasteiger partial charge in [0.25, 0.3) is 5.91 Å². The number of carbonyl (C=O) groups excluding carboxylic acids is 1. The maximum absolute atomic E-state index is 13.4. The summed E-state index contributed by atoms with van der Waals surface area (Å²) in [5.74, 6) is -0.257. The zero-order valence-corrected chi connectivity index (χ0v) is 19.6. The van der Waals surface area contributed by atoms with Crippen molar-refractivity contribution in [2.75, 3.05) is 6.54 Å². The first kappa shape index (κ1) is 22.5. The standard InChI is InChI=1S/C29H25FN4O/c1-19(21-8-4-3-5-9-21)17-31-29(35)25-16-28(33-27-11-7-6-10-24(25)27)26-18-32-34(20(26)2)23-14-12-22(30)13-15-23/h3-16,18-19H,17H2,1-2H3,(H,31,35). The lowest BCUT2D eigenvalue weighted by Gasteiger charge is -2.14. The van der Waals surface area contributed by atoms with Gasteiger partial charge in [-0.3, -0.25) is 4.79 Å². The van der Waals surface area contributed by atoms with Gasteiger partial charge >= 0.3 is 0 Å². The molecule has 3 aromatic carbocycles. The quantitative estimate of drug-likeness (QED) is 0.332. The van der Waals surface area contributed by atoms with Crippen molar-refractivity contribution in [1.29, 1.82) is 0 Å². The third-order valence-electron chi connectivity index (χ3n) is 6.26. The summed E-state index contributed by atoms with van der Waals surface area (Å²) in [5.41, 5.74) is 5.56. The van der Waals surface area contributed by atoms with Crippen molar-refractivity contribution in [3.05, 3.63) is 114 Å². The van der Waals surface area contributed by atoms with Crippen molar-refractivity contribution >= 4 is 16.8 Å². The van der Waals surface area contributed by atoms with Crippen molar-refractivity contribution in [3.8, 4) is 16.9 Å². The summed E-state index contributed by atoms with van der Waals surface area (Å²) < 4.78 is 15.1. The van der Waals surface area contributed by atoms with E-state index in [-0.39, 0.29) is 17.6 Å². The molecule has 0 fully saturated rings. The normalized spacial score (nSPS) is 12.0. The molecule has 1 atom stereocenters. The largest absolute Gasteiger partial charge is 0.351 e. The molecule has 0 aliphatic rings. The molecule has 0 radical (unpaired) electrons. The minimum Gasteiger partial charge on any atom is -0.351 e. The molecule has 0 aliphatic heterocycles. The van der Waals surface area contributed by atoms with Crippen LogP contribution in [0.4, 0.5) is 4.39 Å². The Morgan fingerprint density at radius 2 is 1.71 bits per heavy atom. The van der Waals surface area contributed by atoms with Crippen molar-refractivity contribution in [2.45, 2.75) is 19.8 Å². The highest BCUT2D eigenvalue weighted by molar-refractivity contribution is 6.07. The van der Waals surface area contributed by atoms with E-state index in [0.29, 0.717) is 17.8 Å². The highest BCUT2D eigenvalue weighted by Gasteiger charge is 2.18. The van der Waals surface area contributed by atoms with Gasteiger partial charge in [0.05, 0.1) is 34.4 Å². The van der Waals surface area contributed by atoms with E-state index in [2.05, 4.69) is 29.5 Å². The van der Waals surface area contributed by atoms with Crippen LogP contribution < -0.4 is 5.32 Å². The second-order valence-corrected chi connectivity index (χ2v) is 8.63. The molecule has 174 valence electrons. The Balaban J connectivity index is 1.48. The Labute approximate surface area is 203 Å². The van der Waals surface area contributed by atoms with Crippen LogP contribution in [-0.4, -0.2) is 27.2 Å². The van der Waals surface area contributed by atoms with E-state index in [0.717, 1.165) is 27.8 Å². The van der Waals surface area contributed by atoms with Gasteiger partial charge in [-0.2, -0.15) is 5.10 Å². The minimum atomic E-state index is -0.299. The van der Waals surface area contributed by atoms with E-state index < -0.39 is 0 Å². The number of nitrogens with zero attached hydrogens (tertiary/aromatic N) is 3. The molecule has 1 unspecified atom stereocenters. The molecule has 5 nitrogen and oxygen atoms in total. The average Bonchev–Trinajstić information content (AvgIpc) is 3.28. The van der Waals surface area contributed by atoms with Crippen LogP contribution in [0.3, 0.4) is 0 Å². The minimum absolute atomic E-state index is 0.142. The predicted octanol–water partition coefficient (Wildman–Crippen LogP) is 6.07. The number of fused-ring (bicyclic) bond motifs is 1. The molecular formula is C29H25FN4O. The number of halogens is 1. The monoisotopic (exact) mass is 464 g/mol. The van der Waals surface area contributed by atoms with Gasteiger partial charge in [-0.1, -0.05) is 55.5 Å². The lowest BCUT2D eigenvalue weighted by molar-refractivity contribution is 0.0953. The topological polar surface area (TPSA) is 59.8 Å².